The van der Waals surface area contributed by atoms with Gasteiger partial charge in [-0.3, -0.25) is 4.79 Å². The molecule has 1 amide bonds. The third-order valence-corrected chi connectivity index (χ3v) is 4.15. The molecule has 0 unspecified atom stereocenters. The van der Waals surface area contributed by atoms with Crippen LogP contribution in [0.5, 0.6) is 11.5 Å². The van der Waals surface area contributed by atoms with Crippen molar-refractivity contribution < 1.29 is 18.8 Å². The van der Waals surface area contributed by atoms with E-state index in [-0.39, 0.29) is 5.91 Å². The highest BCUT2D eigenvalue weighted by atomic mass is 16.5. The minimum Gasteiger partial charge on any atom is -0.493 e. The van der Waals surface area contributed by atoms with Gasteiger partial charge in [-0.2, -0.15) is 4.98 Å². The Kier molecular flexibility index (Phi) is 7.22. The van der Waals surface area contributed by atoms with E-state index in [0.717, 1.165) is 11.3 Å². The van der Waals surface area contributed by atoms with Gasteiger partial charge in [-0.25, -0.2) is 0 Å². The summed E-state index contributed by atoms with van der Waals surface area (Å²) in [6, 6.07) is 15.0. The van der Waals surface area contributed by atoms with E-state index in [1.165, 1.54) is 0 Å². The van der Waals surface area contributed by atoms with E-state index in [4.69, 9.17) is 14.0 Å². The van der Waals surface area contributed by atoms with Crippen LogP contribution < -0.4 is 14.8 Å². The zero-order chi connectivity index (χ0) is 20.5. The van der Waals surface area contributed by atoms with Crippen molar-refractivity contribution in [2.75, 3.05) is 18.5 Å². The van der Waals surface area contributed by atoms with Crippen LogP contribution in [0.15, 0.2) is 53.1 Å². The largest absolute Gasteiger partial charge is 0.493 e. The van der Waals surface area contributed by atoms with E-state index >= 15 is 0 Å². The van der Waals surface area contributed by atoms with Crippen molar-refractivity contribution in [2.45, 2.75) is 33.1 Å². The lowest BCUT2D eigenvalue weighted by molar-refractivity contribution is -0.116. The number of nitrogens with zero attached hydrogens (tertiary/aromatic N) is 2. The van der Waals surface area contributed by atoms with Gasteiger partial charge in [0, 0.05) is 12.8 Å². The molecule has 0 fully saturated rings. The number of para-hydroxylation sites is 3. The Morgan fingerprint density at radius 1 is 1.00 bits per heavy atom. The number of hydrogen-bond acceptors (Lipinski definition) is 6. The first-order valence-electron chi connectivity index (χ1n) is 9.77. The number of carbonyl (C=O) groups excluding carboxylic acids is 1. The molecule has 1 aromatic heterocycles. The Morgan fingerprint density at radius 2 is 1.69 bits per heavy atom. The van der Waals surface area contributed by atoms with E-state index < -0.39 is 0 Å². The van der Waals surface area contributed by atoms with Gasteiger partial charge in [0.1, 0.15) is 11.5 Å². The van der Waals surface area contributed by atoms with Crippen molar-refractivity contribution in [3.63, 3.8) is 0 Å². The first-order chi connectivity index (χ1) is 14.2. The lowest BCUT2D eigenvalue weighted by atomic mass is 10.2. The third-order valence-electron chi connectivity index (χ3n) is 4.15. The highest BCUT2D eigenvalue weighted by Gasteiger charge is 2.14. The van der Waals surface area contributed by atoms with Crippen LogP contribution in [0, 0.1) is 0 Å². The molecule has 0 saturated heterocycles. The van der Waals surface area contributed by atoms with Gasteiger partial charge in [0.2, 0.25) is 17.6 Å². The van der Waals surface area contributed by atoms with E-state index in [1.807, 2.05) is 62.4 Å². The number of nitrogens with one attached hydrogen (secondary N) is 1. The topological polar surface area (TPSA) is 86.5 Å². The van der Waals surface area contributed by atoms with Gasteiger partial charge in [0.05, 0.1) is 24.5 Å². The van der Waals surface area contributed by atoms with Gasteiger partial charge >= 0.3 is 0 Å². The molecule has 0 aliphatic rings. The lowest BCUT2D eigenvalue weighted by Gasteiger charge is -2.10. The summed E-state index contributed by atoms with van der Waals surface area (Å²) in [6.45, 7) is 4.93. The van der Waals surface area contributed by atoms with Crippen molar-refractivity contribution in [1.82, 2.24) is 10.1 Å². The van der Waals surface area contributed by atoms with Crippen LogP contribution in [0.3, 0.4) is 0 Å². The maximum Gasteiger partial charge on any atom is 0.226 e. The van der Waals surface area contributed by atoms with Crippen LogP contribution in [0.4, 0.5) is 5.69 Å². The Bertz CT molecular complexity index is 939. The van der Waals surface area contributed by atoms with Crippen LogP contribution >= 0.6 is 0 Å². The summed E-state index contributed by atoms with van der Waals surface area (Å²) in [5.41, 5.74) is 1.46. The van der Waals surface area contributed by atoms with Crippen LogP contribution in [0.2, 0.25) is 0 Å². The molecule has 1 heterocycles. The molecule has 0 spiro atoms. The SMILES string of the molecule is CCOc1ccccc1NC(=O)CCCc1nc(-c2ccccc2OCC)no1. The summed E-state index contributed by atoms with van der Waals surface area (Å²) in [6.07, 6.45) is 1.45. The second-order valence-corrected chi connectivity index (χ2v) is 6.27. The first kappa shape index (κ1) is 20.4. The molecule has 0 atom stereocenters. The maximum atomic E-state index is 12.3. The first-order valence-corrected chi connectivity index (χ1v) is 9.77. The van der Waals surface area contributed by atoms with Crippen molar-refractivity contribution >= 4 is 11.6 Å². The zero-order valence-electron chi connectivity index (χ0n) is 16.7. The second kappa shape index (κ2) is 10.3. The summed E-state index contributed by atoms with van der Waals surface area (Å²) in [5, 5.41) is 6.93. The van der Waals surface area contributed by atoms with Gasteiger partial charge in [0.15, 0.2) is 0 Å². The van der Waals surface area contributed by atoms with E-state index in [9.17, 15) is 4.79 Å². The molecular weight excluding hydrogens is 370 g/mol. The minimum atomic E-state index is -0.0846. The molecule has 0 radical (unpaired) electrons. The zero-order valence-corrected chi connectivity index (χ0v) is 16.7. The van der Waals surface area contributed by atoms with E-state index in [0.29, 0.717) is 55.6 Å². The number of amides is 1. The number of aromatic nitrogens is 2. The molecule has 7 nitrogen and oxygen atoms in total. The molecular formula is C22H25N3O4. The molecule has 152 valence electrons. The Hall–Kier alpha value is -3.35. The predicted octanol–water partition coefficient (Wildman–Crippen LogP) is 4.50. The minimum absolute atomic E-state index is 0.0846. The average molecular weight is 395 g/mol. The molecule has 0 aliphatic heterocycles. The number of aryl methyl sites for hydroxylation is 1. The monoisotopic (exact) mass is 395 g/mol. The van der Waals surface area contributed by atoms with Crippen molar-refractivity contribution in [3.8, 4) is 22.9 Å². The predicted molar refractivity (Wildman–Crippen MR) is 110 cm³/mol. The van der Waals surface area contributed by atoms with Gasteiger partial charge in [-0.1, -0.05) is 29.4 Å². The molecule has 0 aliphatic carbocycles. The summed E-state index contributed by atoms with van der Waals surface area (Å²) >= 11 is 0. The average Bonchev–Trinajstić information content (AvgIpc) is 3.19. The van der Waals surface area contributed by atoms with Crippen LogP contribution in [0.1, 0.15) is 32.6 Å². The smallest absolute Gasteiger partial charge is 0.226 e. The van der Waals surface area contributed by atoms with Gasteiger partial charge in [-0.15, -0.1) is 0 Å². The Balaban J connectivity index is 1.54. The Morgan fingerprint density at radius 3 is 2.48 bits per heavy atom. The van der Waals surface area contributed by atoms with E-state index in [1.54, 1.807) is 0 Å². The second-order valence-electron chi connectivity index (χ2n) is 6.27. The maximum absolute atomic E-state index is 12.3. The molecule has 2 aromatic carbocycles. The van der Waals surface area contributed by atoms with Crippen molar-refractivity contribution in [2.24, 2.45) is 0 Å². The number of hydrogen-bond donors (Lipinski definition) is 1. The molecule has 0 saturated carbocycles. The fraction of sp³-hybridized carbons (Fsp3) is 0.318. The summed E-state index contributed by atoms with van der Waals surface area (Å²) < 4.78 is 16.5. The molecule has 3 rings (SSSR count). The quantitative estimate of drug-likeness (QED) is 0.544. The molecule has 3 aromatic rings. The number of ether oxygens (including phenoxy) is 2. The summed E-state index contributed by atoms with van der Waals surface area (Å²) in [4.78, 5) is 16.7. The van der Waals surface area contributed by atoms with Gasteiger partial charge in [0.25, 0.3) is 0 Å². The van der Waals surface area contributed by atoms with Gasteiger partial charge in [-0.05, 0) is 44.5 Å². The number of anilines is 1. The number of carbonyl (C=O) groups is 1. The number of benzene rings is 2. The van der Waals surface area contributed by atoms with Crippen LogP contribution in [0.25, 0.3) is 11.4 Å². The molecule has 7 heteroatoms. The lowest BCUT2D eigenvalue weighted by Crippen LogP contribution is -2.12. The Labute approximate surface area is 170 Å². The molecule has 1 N–H and O–H groups in total. The summed E-state index contributed by atoms with van der Waals surface area (Å²) in [5.74, 6) is 2.28. The normalized spacial score (nSPS) is 10.6. The van der Waals surface area contributed by atoms with E-state index in [2.05, 4.69) is 15.5 Å². The summed E-state index contributed by atoms with van der Waals surface area (Å²) in [7, 11) is 0. The fourth-order valence-corrected chi connectivity index (χ4v) is 2.86. The molecule has 0 bridgehead atoms. The van der Waals surface area contributed by atoms with Crippen LogP contribution in [-0.4, -0.2) is 29.3 Å². The van der Waals surface area contributed by atoms with Gasteiger partial charge < -0.3 is 19.3 Å². The van der Waals surface area contributed by atoms with Crippen molar-refractivity contribution in [1.29, 1.82) is 0 Å². The standard InChI is InChI=1S/C22H25N3O4/c1-3-27-18-12-7-5-10-16(18)22-24-21(29-25-22)15-9-14-20(26)23-17-11-6-8-13-19(17)28-4-2/h5-8,10-13H,3-4,9,14-15H2,1-2H3,(H,23,26). The fourth-order valence-electron chi connectivity index (χ4n) is 2.86. The highest BCUT2D eigenvalue weighted by Crippen LogP contribution is 2.28. The molecule has 29 heavy (non-hydrogen) atoms. The highest BCUT2D eigenvalue weighted by molar-refractivity contribution is 5.92. The number of rotatable bonds is 10. The third kappa shape index (κ3) is 5.57. The van der Waals surface area contributed by atoms with Crippen molar-refractivity contribution in [3.05, 3.63) is 54.4 Å². The van der Waals surface area contributed by atoms with Crippen LogP contribution in [-0.2, 0) is 11.2 Å².